The zero-order chi connectivity index (χ0) is 16.8. The van der Waals surface area contributed by atoms with E-state index < -0.39 is 0 Å². The van der Waals surface area contributed by atoms with Gasteiger partial charge in [-0.15, -0.1) is 0 Å². The monoisotopic (exact) mass is 309 g/mol. The number of anilines is 1. The molecular formula is C16H19N7. The van der Waals surface area contributed by atoms with Crippen molar-refractivity contribution in [2.24, 2.45) is 16.8 Å². The van der Waals surface area contributed by atoms with Gasteiger partial charge < -0.3 is 11.6 Å². The smallest absolute Gasteiger partial charge is 0.177 e. The molecule has 0 fully saturated rings. The van der Waals surface area contributed by atoms with Crippen LogP contribution in [-0.4, -0.2) is 20.8 Å². The second kappa shape index (κ2) is 7.19. The standard InChI is InChI=1S/C16H19N7/c1-3-5-11(2)23(19)16(22-18)14-8-13(10-21-15(14)17)12-6-4-7-20-9-12/h3-10H,2,18-19H2,1H3,(H2,17,21)/b5-3-,22-16-. The molecule has 6 N–H and O–H groups in total. The minimum Gasteiger partial charge on any atom is -0.383 e. The van der Waals surface area contributed by atoms with Crippen LogP contribution in [0.25, 0.3) is 11.1 Å². The number of hydrazone groups is 1. The van der Waals surface area contributed by atoms with Gasteiger partial charge in [-0.1, -0.05) is 18.7 Å². The number of allylic oxidation sites excluding steroid dienone is 2. The Morgan fingerprint density at radius 2 is 2.13 bits per heavy atom. The first-order chi connectivity index (χ1) is 11.1. The van der Waals surface area contributed by atoms with Crippen molar-refractivity contribution in [1.29, 1.82) is 0 Å². The molecule has 0 aliphatic heterocycles. The topological polar surface area (TPSA) is 119 Å². The summed E-state index contributed by atoms with van der Waals surface area (Å²) >= 11 is 0. The lowest BCUT2D eigenvalue weighted by Crippen LogP contribution is -2.37. The van der Waals surface area contributed by atoms with Crippen LogP contribution in [0.5, 0.6) is 0 Å². The van der Waals surface area contributed by atoms with Gasteiger partial charge in [0.05, 0.1) is 11.3 Å². The molecule has 0 aliphatic rings. The van der Waals surface area contributed by atoms with Crippen molar-refractivity contribution < 1.29 is 0 Å². The highest BCUT2D eigenvalue weighted by Crippen LogP contribution is 2.22. The Hall–Kier alpha value is -3.19. The minimum atomic E-state index is 0.267. The van der Waals surface area contributed by atoms with Crippen LogP contribution in [0.15, 0.2) is 66.3 Å². The number of hydrazine groups is 1. The molecule has 0 saturated carbocycles. The van der Waals surface area contributed by atoms with Crippen molar-refractivity contribution >= 4 is 11.7 Å². The van der Waals surface area contributed by atoms with Gasteiger partial charge in [-0.25, -0.2) is 10.8 Å². The SMILES string of the molecule is C=C(/C=C\C)N(N)/C(=N\N)c1cc(-c2cccnc2)cnc1N. The molecule has 7 nitrogen and oxygen atoms in total. The third kappa shape index (κ3) is 3.53. The number of pyridine rings is 2. The van der Waals surface area contributed by atoms with Crippen LogP contribution < -0.4 is 17.4 Å². The molecule has 2 aromatic rings. The van der Waals surface area contributed by atoms with Gasteiger partial charge in [0.25, 0.3) is 0 Å². The predicted molar refractivity (Wildman–Crippen MR) is 92.6 cm³/mol. The van der Waals surface area contributed by atoms with E-state index in [0.29, 0.717) is 11.3 Å². The first-order valence-electron chi connectivity index (χ1n) is 6.89. The Labute approximate surface area is 134 Å². The summed E-state index contributed by atoms with van der Waals surface area (Å²) in [6.45, 7) is 5.71. The lowest BCUT2D eigenvalue weighted by Gasteiger charge is -2.21. The van der Waals surface area contributed by atoms with Crippen LogP contribution in [0.2, 0.25) is 0 Å². The highest BCUT2D eigenvalue weighted by molar-refractivity contribution is 6.03. The molecule has 0 atom stereocenters. The van der Waals surface area contributed by atoms with Gasteiger partial charge in [-0.05, 0) is 25.1 Å². The highest BCUT2D eigenvalue weighted by atomic mass is 15.5. The van der Waals surface area contributed by atoms with E-state index >= 15 is 0 Å². The molecule has 0 saturated heterocycles. The van der Waals surface area contributed by atoms with Crippen LogP contribution in [0.1, 0.15) is 12.5 Å². The number of nitrogen functional groups attached to an aromatic ring is 1. The number of hydrogen-bond donors (Lipinski definition) is 3. The average molecular weight is 309 g/mol. The molecule has 0 bridgehead atoms. The van der Waals surface area contributed by atoms with Crippen LogP contribution in [0.4, 0.5) is 5.82 Å². The van der Waals surface area contributed by atoms with Gasteiger partial charge >= 0.3 is 0 Å². The van der Waals surface area contributed by atoms with Crippen molar-refractivity contribution in [1.82, 2.24) is 15.0 Å². The second-order valence-electron chi connectivity index (χ2n) is 4.71. The Morgan fingerprint density at radius 3 is 2.74 bits per heavy atom. The van der Waals surface area contributed by atoms with E-state index in [2.05, 4.69) is 21.6 Å². The average Bonchev–Trinajstić information content (AvgIpc) is 2.58. The third-order valence-corrected chi connectivity index (χ3v) is 3.17. The maximum atomic E-state index is 6.02. The molecule has 0 radical (unpaired) electrons. The van der Waals surface area contributed by atoms with E-state index in [0.717, 1.165) is 11.1 Å². The molecule has 0 unspecified atom stereocenters. The van der Waals surface area contributed by atoms with Crippen LogP contribution in [-0.2, 0) is 0 Å². The Morgan fingerprint density at radius 1 is 1.35 bits per heavy atom. The van der Waals surface area contributed by atoms with Gasteiger partial charge in [0.1, 0.15) is 5.82 Å². The fourth-order valence-electron chi connectivity index (χ4n) is 2.02. The summed E-state index contributed by atoms with van der Waals surface area (Å²) in [5.41, 5.74) is 8.72. The molecular weight excluding hydrogens is 290 g/mol. The van der Waals surface area contributed by atoms with Crippen molar-refractivity contribution in [3.8, 4) is 11.1 Å². The van der Waals surface area contributed by atoms with Crippen molar-refractivity contribution in [2.75, 3.05) is 5.73 Å². The van der Waals surface area contributed by atoms with Gasteiger partial charge in [0.2, 0.25) is 0 Å². The van der Waals surface area contributed by atoms with Gasteiger partial charge in [-0.2, -0.15) is 5.10 Å². The number of nitrogens with zero attached hydrogens (tertiary/aromatic N) is 4. The van der Waals surface area contributed by atoms with Crippen LogP contribution in [0, 0.1) is 0 Å². The molecule has 23 heavy (non-hydrogen) atoms. The molecule has 7 heteroatoms. The van der Waals surface area contributed by atoms with Crippen LogP contribution >= 0.6 is 0 Å². The van der Waals surface area contributed by atoms with E-state index in [-0.39, 0.29) is 11.7 Å². The lowest BCUT2D eigenvalue weighted by molar-refractivity contribution is 0.563. The third-order valence-electron chi connectivity index (χ3n) is 3.17. The van der Waals surface area contributed by atoms with Gasteiger partial charge in [-0.3, -0.25) is 9.99 Å². The first-order valence-corrected chi connectivity index (χ1v) is 6.89. The predicted octanol–water partition coefficient (Wildman–Crippen LogP) is 1.61. The quantitative estimate of drug-likeness (QED) is 0.259. The summed E-state index contributed by atoms with van der Waals surface area (Å²) in [6, 6.07) is 5.57. The zero-order valence-corrected chi connectivity index (χ0v) is 12.8. The van der Waals surface area contributed by atoms with E-state index in [1.807, 2.05) is 31.2 Å². The maximum Gasteiger partial charge on any atom is 0.177 e. The van der Waals surface area contributed by atoms with E-state index in [9.17, 15) is 0 Å². The Kier molecular flexibility index (Phi) is 5.06. The summed E-state index contributed by atoms with van der Waals surface area (Å²) in [7, 11) is 0. The Bertz CT molecular complexity index is 750. The highest BCUT2D eigenvalue weighted by Gasteiger charge is 2.17. The summed E-state index contributed by atoms with van der Waals surface area (Å²) < 4.78 is 0. The zero-order valence-electron chi connectivity index (χ0n) is 12.8. The summed E-state index contributed by atoms with van der Waals surface area (Å²) in [5.74, 6) is 12.1. The fraction of sp³-hybridized carbons (Fsp3) is 0.0625. The minimum absolute atomic E-state index is 0.267. The van der Waals surface area contributed by atoms with Crippen LogP contribution in [0.3, 0.4) is 0 Å². The molecule has 2 heterocycles. The van der Waals surface area contributed by atoms with E-state index in [4.69, 9.17) is 17.4 Å². The second-order valence-corrected chi connectivity index (χ2v) is 4.71. The maximum absolute atomic E-state index is 6.02. The number of nitrogens with two attached hydrogens (primary N) is 3. The number of amidine groups is 1. The van der Waals surface area contributed by atoms with Crippen molar-refractivity contribution in [3.05, 3.63) is 66.8 Å². The Balaban J connectivity index is 2.47. The summed E-state index contributed by atoms with van der Waals surface area (Å²) in [6.07, 6.45) is 8.63. The molecule has 0 aliphatic carbocycles. The summed E-state index contributed by atoms with van der Waals surface area (Å²) in [5, 5.41) is 5.01. The number of aromatic nitrogens is 2. The van der Waals surface area contributed by atoms with E-state index in [1.54, 1.807) is 24.7 Å². The summed E-state index contributed by atoms with van der Waals surface area (Å²) in [4.78, 5) is 8.29. The molecule has 2 rings (SSSR count). The number of hydrogen-bond acceptors (Lipinski definition) is 6. The van der Waals surface area contributed by atoms with E-state index in [1.165, 1.54) is 5.01 Å². The first kappa shape index (κ1) is 16.2. The molecule has 118 valence electrons. The van der Waals surface area contributed by atoms with Crippen molar-refractivity contribution in [3.63, 3.8) is 0 Å². The van der Waals surface area contributed by atoms with Gasteiger partial charge in [0, 0.05) is 29.7 Å². The molecule has 0 aromatic carbocycles. The van der Waals surface area contributed by atoms with Gasteiger partial charge in [0.15, 0.2) is 5.84 Å². The normalized spacial score (nSPS) is 11.7. The lowest BCUT2D eigenvalue weighted by atomic mass is 10.1. The molecule has 0 amide bonds. The molecule has 0 spiro atoms. The number of rotatable bonds is 4. The largest absolute Gasteiger partial charge is 0.383 e. The fourth-order valence-corrected chi connectivity index (χ4v) is 2.02. The molecule has 2 aromatic heterocycles. The van der Waals surface area contributed by atoms with Crippen molar-refractivity contribution in [2.45, 2.75) is 6.92 Å².